The molecule has 0 aliphatic heterocycles. The standard InChI is InChI=1S/C9H9NO.2C2H6/c1-6-3-4-7(2)9-8(6)10-5-11-9;2*1-2/h3-5H,1-2H3;2*1-2H3. The summed E-state index contributed by atoms with van der Waals surface area (Å²) in [7, 11) is 0. The zero-order valence-corrected chi connectivity index (χ0v) is 10.6. The van der Waals surface area contributed by atoms with Gasteiger partial charge in [0.05, 0.1) is 0 Å². The van der Waals surface area contributed by atoms with Gasteiger partial charge in [0.2, 0.25) is 0 Å². The first kappa shape index (κ1) is 13.7. The molecule has 0 fully saturated rings. The summed E-state index contributed by atoms with van der Waals surface area (Å²) in [5, 5.41) is 0. The first-order valence-corrected chi connectivity index (χ1v) is 5.58. The summed E-state index contributed by atoms with van der Waals surface area (Å²) < 4.78 is 5.22. The van der Waals surface area contributed by atoms with Gasteiger partial charge in [-0.05, 0) is 25.0 Å². The Morgan fingerprint density at radius 1 is 0.933 bits per heavy atom. The number of nitrogens with zero attached hydrogens (tertiary/aromatic N) is 1. The molecule has 2 aromatic rings. The molecule has 84 valence electrons. The summed E-state index contributed by atoms with van der Waals surface area (Å²) in [6, 6.07) is 4.10. The summed E-state index contributed by atoms with van der Waals surface area (Å²) in [5.41, 5.74) is 4.19. The number of fused-ring (bicyclic) bond motifs is 1. The van der Waals surface area contributed by atoms with Gasteiger partial charge in [-0.1, -0.05) is 39.8 Å². The van der Waals surface area contributed by atoms with Crippen molar-refractivity contribution in [1.82, 2.24) is 4.98 Å². The summed E-state index contributed by atoms with van der Waals surface area (Å²) in [5.74, 6) is 0. The van der Waals surface area contributed by atoms with Crippen LogP contribution in [0.15, 0.2) is 22.9 Å². The van der Waals surface area contributed by atoms with Crippen LogP contribution in [0.25, 0.3) is 11.1 Å². The quantitative estimate of drug-likeness (QED) is 0.635. The molecule has 15 heavy (non-hydrogen) atoms. The fourth-order valence-corrected chi connectivity index (χ4v) is 1.21. The van der Waals surface area contributed by atoms with Crippen LogP contribution in [-0.4, -0.2) is 4.98 Å². The van der Waals surface area contributed by atoms with E-state index in [2.05, 4.69) is 11.1 Å². The molecular formula is C13H21NO. The maximum absolute atomic E-state index is 5.22. The third-order valence-corrected chi connectivity index (χ3v) is 1.88. The lowest BCUT2D eigenvalue weighted by molar-refractivity contribution is 0.600. The van der Waals surface area contributed by atoms with Crippen molar-refractivity contribution in [1.29, 1.82) is 0 Å². The normalized spacial score (nSPS) is 8.67. The highest BCUT2D eigenvalue weighted by Crippen LogP contribution is 2.19. The van der Waals surface area contributed by atoms with E-state index < -0.39 is 0 Å². The average molecular weight is 207 g/mol. The second-order valence-electron chi connectivity index (χ2n) is 2.73. The van der Waals surface area contributed by atoms with Crippen LogP contribution in [0.4, 0.5) is 0 Å². The third-order valence-electron chi connectivity index (χ3n) is 1.88. The van der Waals surface area contributed by atoms with Crippen molar-refractivity contribution in [2.75, 3.05) is 0 Å². The van der Waals surface area contributed by atoms with Crippen LogP contribution in [0.2, 0.25) is 0 Å². The molecule has 1 heterocycles. The van der Waals surface area contributed by atoms with Crippen molar-refractivity contribution in [2.24, 2.45) is 0 Å². The van der Waals surface area contributed by atoms with Crippen molar-refractivity contribution in [3.63, 3.8) is 0 Å². The summed E-state index contributed by atoms with van der Waals surface area (Å²) in [6.07, 6.45) is 1.49. The molecule has 2 rings (SSSR count). The number of oxazole rings is 1. The highest BCUT2D eigenvalue weighted by atomic mass is 16.3. The van der Waals surface area contributed by atoms with Gasteiger partial charge >= 0.3 is 0 Å². The average Bonchev–Trinajstić information content (AvgIpc) is 2.79. The van der Waals surface area contributed by atoms with E-state index in [1.54, 1.807) is 0 Å². The number of benzene rings is 1. The Balaban J connectivity index is 0.000000442. The van der Waals surface area contributed by atoms with Gasteiger partial charge in [0.15, 0.2) is 12.0 Å². The number of aryl methyl sites for hydroxylation is 2. The lowest BCUT2D eigenvalue weighted by Gasteiger charge is -1.94. The van der Waals surface area contributed by atoms with Gasteiger partial charge in [0.1, 0.15) is 5.52 Å². The Morgan fingerprint density at radius 2 is 1.47 bits per heavy atom. The predicted molar refractivity (Wildman–Crippen MR) is 66.2 cm³/mol. The molecule has 2 nitrogen and oxygen atoms in total. The molecule has 0 atom stereocenters. The topological polar surface area (TPSA) is 26.0 Å². The molecule has 1 aromatic carbocycles. The molecule has 0 radical (unpaired) electrons. The van der Waals surface area contributed by atoms with E-state index in [1.807, 2.05) is 47.6 Å². The van der Waals surface area contributed by atoms with Crippen LogP contribution in [0.1, 0.15) is 38.8 Å². The van der Waals surface area contributed by atoms with Crippen LogP contribution in [0.3, 0.4) is 0 Å². The molecule has 0 N–H and O–H groups in total. The molecule has 0 spiro atoms. The van der Waals surface area contributed by atoms with Gasteiger partial charge in [0, 0.05) is 0 Å². The summed E-state index contributed by atoms with van der Waals surface area (Å²) in [6.45, 7) is 12.1. The van der Waals surface area contributed by atoms with Crippen molar-refractivity contribution < 1.29 is 4.42 Å². The molecule has 0 aliphatic carbocycles. The first-order chi connectivity index (χ1) is 7.29. The van der Waals surface area contributed by atoms with E-state index in [0.29, 0.717) is 0 Å². The maximum atomic E-state index is 5.22. The maximum Gasteiger partial charge on any atom is 0.182 e. The van der Waals surface area contributed by atoms with Crippen LogP contribution < -0.4 is 0 Å². The zero-order chi connectivity index (χ0) is 11.8. The van der Waals surface area contributed by atoms with E-state index in [9.17, 15) is 0 Å². The van der Waals surface area contributed by atoms with Gasteiger partial charge in [-0.3, -0.25) is 0 Å². The monoisotopic (exact) mass is 207 g/mol. The van der Waals surface area contributed by atoms with E-state index in [-0.39, 0.29) is 0 Å². The number of aromatic nitrogens is 1. The molecule has 0 aliphatic rings. The Kier molecular flexibility index (Phi) is 6.43. The minimum absolute atomic E-state index is 0.907. The van der Waals surface area contributed by atoms with Crippen LogP contribution >= 0.6 is 0 Å². The Labute approximate surface area is 92.3 Å². The largest absolute Gasteiger partial charge is 0.443 e. The van der Waals surface area contributed by atoms with E-state index in [4.69, 9.17) is 4.42 Å². The summed E-state index contributed by atoms with van der Waals surface area (Å²) in [4.78, 5) is 4.11. The Morgan fingerprint density at radius 3 is 2.00 bits per heavy atom. The van der Waals surface area contributed by atoms with Gasteiger partial charge in [-0.15, -0.1) is 0 Å². The van der Waals surface area contributed by atoms with Gasteiger partial charge in [-0.25, -0.2) is 4.98 Å². The van der Waals surface area contributed by atoms with Crippen molar-refractivity contribution in [3.8, 4) is 0 Å². The van der Waals surface area contributed by atoms with Crippen LogP contribution in [-0.2, 0) is 0 Å². The fraction of sp³-hybridized carbons (Fsp3) is 0.462. The fourth-order valence-electron chi connectivity index (χ4n) is 1.21. The van der Waals surface area contributed by atoms with Gasteiger partial charge in [0.25, 0.3) is 0 Å². The van der Waals surface area contributed by atoms with E-state index >= 15 is 0 Å². The first-order valence-electron chi connectivity index (χ1n) is 5.58. The summed E-state index contributed by atoms with van der Waals surface area (Å²) >= 11 is 0. The molecule has 0 bridgehead atoms. The second-order valence-corrected chi connectivity index (χ2v) is 2.73. The third kappa shape index (κ3) is 3.08. The zero-order valence-electron chi connectivity index (χ0n) is 10.6. The van der Waals surface area contributed by atoms with Crippen molar-refractivity contribution in [2.45, 2.75) is 41.5 Å². The second kappa shape index (κ2) is 7.04. The highest BCUT2D eigenvalue weighted by molar-refractivity contribution is 5.78. The highest BCUT2D eigenvalue weighted by Gasteiger charge is 2.03. The van der Waals surface area contributed by atoms with E-state index in [1.165, 1.54) is 12.0 Å². The molecule has 0 saturated carbocycles. The SMILES string of the molecule is CC.CC.Cc1ccc(C)c2ocnc12. The van der Waals surface area contributed by atoms with Crippen LogP contribution in [0.5, 0.6) is 0 Å². The van der Waals surface area contributed by atoms with Crippen LogP contribution in [0, 0.1) is 13.8 Å². The molecule has 2 heteroatoms. The van der Waals surface area contributed by atoms with Crippen molar-refractivity contribution >= 4 is 11.1 Å². The number of rotatable bonds is 0. The lowest BCUT2D eigenvalue weighted by Crippen LogP contribution is -1.78. The smallest absolute Gasteiger partial charge is 0.182 e. The van der Waals surface area contributed by atoms with E-state index in [0.717, 1.165) is 16.7 Å². The molecular weight excluding hydrogens is 186 g/mol. The Hall–Kier alpha value is -1.31. The Bertz CT molecular complexity index is 354. The number of hydrogen-bond acceptors (Lipinski definition) is 2. The predicted octanol–water partition coefficient (Wildman–Crippen LogP) is 4.50. The number of hydrogen-bond donors (Lipinski definition) is 0. The van der Waals surface area contributed by atoms with Gasteiger partial charge < -0.3 is 4.42 Å². The minimum Gasteiger partial charge on any atom is -0.443 e. The molecule has 0 saturated heterocycles. The van der Waals surface area contributed by atoms with Crippen molar-refractivity contribution in [3.05, 3.63) is 29.7 Å². The lowest BCUT2D eigenvalue weighted by atomic mass is 10.1. The molecule has 0 unspecified atom stereocenters. The molecule has 0 amide bonds. The minimum atomic E-state index is 0.907. The molecule has 1 aromatic heterocycles. The van der Waals surface area contributed by atoms with Gasteiger partial charge in [-0.2, -0.15) is 0 Å².